The molecular weight excluding hydrogens is 268 g/mol. The molecule has 1 unspecified atom stereocenters. The molecule has 0 aliphatic heterocycles. The minimum atomic E-state index is -0.270. The van der Waals surface area contributed by atoms with Gasteiger partial charge >= 0.3 is 0 Å². The number of nitrogens with one attached hydrogen (secondary N) is 1. The number of rotatable bonds is 5. The van der Waals surface area contributed by atoms with Gasteiger partial charge in [-0.2, -0.15) is 5.26 Å². The number of aliphatic hydroxyl groups is 1. The molecule has 1 aromatic rings. The van der Waals surface area contributed by atoms with Crippen molar-refractivity contribution in [2.24, 2.45) is 0 Å². The molecular formula is C12H15BrN2O. The number of anilines is 1. The zero-order valence-corrected chi connectivity index (χ0v) is 10.8. The molecule has 0 spiro atoms. The molecule has 86 valence electrons. The van der Waals surface area contributed by atoms with Gasteiger partial charge in [-0.1, -0.05) is 22.9 Å². The summed E-state index contributed by atoms with van der Waals surface area (Å²) in [6.45, 7) is 2.62. The van der Waals surface area contributed by atoms with Crippen molar-refractivity contribution in [2.75, 3.05) is 11.9 Å². The van der Waals surface area contributed by atoms with Gasteiger partial charge < -0.3 is 10.4 Å². The molecule has 0 aliphatic rings. The standard InChI is InChI=1S/C12H15BrN2O/c1-2-11(16)5-6-15-12-4-3-10(13)7-9(12)8-14/h3-4,7,11,15-16H,2,5-6H2,1H3. The summed E-state index contributed by atoms with van der Waals surface area (Å²) in [6.07, 6.45) is 1.18. The van der Waals surface area contributed by atoms with E-state index in [4.69, 9.17) is 5.26 Å². The average Bonchev–Trinajstić information content (AvgIpc) is 2.30. The van der Waals surface area contributed by atoms with Crippen LogP contribution in [0, 0.1) is 11.3 Å². The number of halogens is 1. The smallest absolute Gasteiger partial charge is 0.101 e. The van der Waals surface area contributed by atoms with Crippen LogP contribution in [-0.4, -0.2) is 17.8 Å². The van der Waals surface area contributed by atoms with E-state index < -0.39 is 0 Å². The Balaban J connectivity index is 2.57. The molecule has 3 nitrogen and oxygen atoms in total. The van der Waals surface area contributed by atoms with Crippen molar-refractivity contribution in [3.8, 4) is 6.07 Å². The highest BCUT2D eigenvalue weighted by Crippen LogP contribution is 2.20. The van der Waals surface area contributed by atoms with Crippen LogP contribution in [0.1, 0.15) is 25.3 Å². The maximum Gasteiger partial charge on any atom is 0.101 e. The fourth-order valence-electron chi connectivity index (χ4n) is 1.34. The first kappa shape index (κ1) is 13.0. The Labute approximate surface area is 104 Å². The maximum atomic E-state index is 9.39. The third-order valence-electron chi connectivity index (χ3n) is 2.37. The topological polar surface area (TPSA) is 56.0 Å². The Morgan fingerprint density at radius 3 is 2.94 bits per heavy atom. The number of nitriles is 1. The molecule has 0 bridgehead atoms. The highest BCUT2D eigenvalue weighted by molar-refractivity contribution is 9.10. The molecule has 1 rings (SSSR count). The lowest BCUT2D eigenvalue weighted by Gasteiger charge is -2.11. The van der Waals surface area contributed by atoms with Gasteiger partial charge in [0.1, 0.15) is 6.07 Å². The van der Waals surface area contributed by atoms with E-state index in [0.29, 0.717) is 18.5 Å². The van der Waals surface area contributed by atoms with E-state index in [1.54, 1.807) is 6.07 Å². The number of benzene rings is 1. The fraction of sp³-hybridized carbons (Fsp3) is 0.417. The molecule has 0 aromatic heterocycles. The minimum Gasteiger partial charge on any atom is -0.393 e. The van der Waals surface area contributed by atoms with Crippen LogP contribution in [0.3, 0.4) is 0 Å². The Hall–Kier alpha value is -1.05. The number of nitrogens with zero attached hydrogens (tertiary/aromatic N) is 1. The molecule has 0 aliphatic carbocycles. The first-order valence-corrected chi connectivity index (χ1v) is 6.08. The van der Waals surface area contributed by atoms with Crippen molar-refractivity contribution in [1.82, 2.24) is 0 Å². The molecule has 0 fully saturated rings. The van der Waals surface area contributed by atoms with E-state index >= 15 is 0 Å². The number of aliphatic hydroxyl groups excluding tert-OH is 1. The Morgan fingerprint density at radius 1 is 1.56 bits per heavy atom. The molecule has 0 saturated heterocycles. The molecule has 0 heterocycles. The largest absolute Gasteiger partial charge is 0.393 e. The molecule has 2 N–H and O–H groups in total. The van der Waals surface area contributed by atoms with Gasteiger partial charge in [0, 0.05) is 11.0 Å². The number of hydrogen-bond donors (Lipinski definition) is 2. The monoisotopic (exact) mass is 282 g/mol. The van der Waals surface area contributed by atoms with Crippen LogP contribution in [0.15, 0.2) is 22.7 Å². The predicted octanol–water partition coefficient (Wildman–Crippen LogP) is 2.89. The van der Waals surface area contributed by atoms with Gasteiger partial charge in [-0.05, 0) is 31.0 Å². The van der Waals surface area contributed by atoms with Gasteiger partial charge in [0.05, 0.1) is 17.4 Å². The Morgan fingerprint density at radius 2 is 2.31 bits per heavy atom. The lowest BCUT2D eigenvalue weighted by molar-refractivity contribution is 0.164. The molecule has 0 radical (unpaired) electrons. The second-order valence-electron chi connectivity index (χ2n) is 3.58. The van der Waals surface area contributed by atoms with Gasteiger partial charge in [-0.3, -0.25) is 0 Å². The third-order valence-corrected chi connectivity index (χ3v) is 2.86. The predicted molar refractivity (Wildman–Crippen MR) is 68.3 cm³/mol. The quantitative estimate of drug-likeness (QED) is 0.873. The first-order chi connectivity index (χ1) is 7.67. The van der Waals surface area contributed by atoms with Gasteiger partial charge in [0.15, 0.2) is 0 Å². The van der Waals surface area contributed by atoms with Crippen molar-refractivity contribution in [1.29, 1.82) is 5.26 Å². The SMILES string of the molecule is CCC(O)CCNc1ccc(Br)cc1C#N. The molecule has 0 saturated carbocycles. The van der Waals surface area contributed by atoms with E-state index in [9.17, 15) is 5.11 Å². The summed E-state index contributed by atoms with van der Waals surface area (Å²) >= 11 is 3.32. The van der Waals surface area contributed by atoms with E-state index in [1.807, 2.05) is 19.1 Å². The Kier molecular flexibility index (Phi) is 5.30. The molecule has 0 amide bonds. The van der Waals surface area contributed by atoms with E-state index in [1.165, 1.54) is 0 Å². The average molecular weight is 283 g/mol. The third kappa shape index (κ3) is 3.84. The maximum absolute atomic E-state index is 9.39. The normalized spacial score (nSPS) is 11.9. The van der Waals surface area contributed by atoms with E-state index in [2.05, 4.69) is 27.3 Å². The van der Waals surface area contributed by atoms with Gasteiger partial charge in [-0.15, -0.1) is 0 Å². The molecule has 4 heteroatoms. The van der Waals surface area contributed by atoms with Gasteiger partial charge in [0.25, 0.3) is 0 Å². The van der Waals surface area contributed by atoms with Crippen molar-refractivity contribution in [3.63, 3.8) is 0 Å². The lowest BCUT2D eigenvalue weighted by atomic mass is 10.1. The highest BCUT2D eigenvalue weighted by atomic mass is 79.9. The fourth-order valence-corrected chi connectivity index (χ4v) is 1.70. The summed E-state index contributed by atoms with van der Waals surface area (Å²) in [6, 6.07) is 7.66. The summed E-state index contributed by atoms with van der Waals surface area (Å²) in [5, 5.41) is 21.5. The van der Waals surface area contributed by atoms with E-state index in [0.717, 1.165) is 16.6 Å². The molecule has 1 atom stereocenters. The van der Waals surface area contributed by atoms with Crippen molar-refractivity contribution >= 4 is 21.6 Å². The zero-order valence-electron chi connectivity index (χ0n) is 9.20. The van der Waals surface area contributed by atoms with Crippen LogP contribution < -0.4 is 5.32 Å². The Bertz CT molecular complexity index is 387. The second-order valence-corrected chi connectivity index (χ2v) is 4.49. The molecule has 1 aromatic carbocycles. The van der Waals surface area contributed by atoms with Crippen LogP contribution in [0.25, 0.3) is 0 Å². The number of hydrogen-bond acceptors (Lipinski definition) is 3. The van der Waals surface area contributed by atoms with Gasteiger partial charge in [0.2, 0.25) is 0 Å². The summed E-state index contributed by atoms with van der Waals surface area (Å²) in [5.41, 5.74) is 1.43. The summed E-state index contributed by atoms with van der Waals surface area (Å²) in [7, 11) is 0. The first-order valence-electron chi connectivity index (χ1n) is 5.29. The van der Waals surface area contributed by atoms with Crippen LogP contribution in [0.2, 0.25) is 0 Å². The van der Waals surface area contributed by atoms with Crippen molar-refractivity contribution < 1.29 is 5.11 Å². The van der Waals surface area contributed by atoms with E-state index in [-0.39, 0.29) is 6.10 Å². The van der Waals surface area contributed by atoms with Crippen LogP contribution in [0.4, 0.5) is 5.69 Å². The van der Waals surface area contributed by atoms with Crippen LogP contribution in [0.5, 0.6) is 0 Å². The van der Waals surface area contributed by atoms with Gasteiger partial charge in [-0.25, -0.2) is 0 Å². The second kappa shape index (κ2) is 6.51. The summed E-state index contributed by atoms with van der Waals surface area (Å²) in [4.78, 5) is 0. The molecule has 16 heavy (non-hydrogen) atoms. The van der Waals surface area contributed by atoms with Crippen LogP contribution >= 0.6 is 15.9 Å². The zero-order chi connectivity index (χ0) is 12.0. The van der Waals surface area contributed by atoms with Crippen molar-refractivity contribution in [3.05, 3.63) is 28.2 Å². The summed E-state index contributed by atoms with van der Waals surface area (Å²) < 4.78 is 0.892. The minimum absolute atomic E-state index is 0.270. The summed E-state index contributed by atoms with van der Waals surface area (Å²) in [5.74, 6) is 0. The lowest BCUT2D eigenvalue weighted by Crippen LogP contribution is -2.12. The van der Waals surface area contributed by atoms with Crippen LogP contribution in [-0.2, 0) is 0 Å². The van der Waals surface area contributed by atoms with Crippen molar-refractivity contribution in [2.45, 2.75) is 25.9 Å². The highest BCUT2D eigenvalue weighted by Gasteiger charge is 2.04.